The fraction of sp³-hybridized carbons (Fsp3) is 0.409. The number of nitrogens with zero attached hydrogens (tertiary/aromatic N) is 1. The minimum absolute atomic E-state index is 0.0733. The number of ether oxygens (including phenoxy) is 1. The van der Waals surface area contributed by atoms with Gasteiger partial charge in [0.2, 0.25) is 10.0 Å². The predicted octanol–water partition coefficient (Wildman–Crippen LogP) is 2.87. The van der Waals surface area contributed by atoms with Crippen LogP contribution in [0.3, 0.4) is 0 Å². The molecule has 1 heterocycles. The molecule has 30 heavy (non-hydrogen) atoms. The van der Waals surface area contributed by atoms with Gasteiger partial charge in [-0.05, 0) is 62.7 Å². The fourth-order valence-electron chi connectivity index (χ4n) is 3.72. The molecule has 2 aromatic rings. The van der Waals surface area contributed by atoms with Gasteiger partial charge < -0.3 is 9.84 Å². The minimum Gasteiger partial charge on any atom is -0.489 e. The Morgan fingerprint density at radius 2 is 1.70 bits per heavy atom. The number of piperidine rings is 1. The van der Waals surface area contributed by atoms with Crippen LogP contribution in [-0.4, -0.2) is 49.6 Å². The molecule has 3 rings (SSSR count). The molecule has 0 aromatic heterocycles. The summed E-state index contributed by atoms with van der Waals surface area (Å²) in [6.45, 7) is 3.31. The number of likely N-dealkylation sites (tertiary alicyclic amines) is 1. The van der Waals surface area contributed by atoms with Crippen LogP contribution in [0.25, 0.3) is 0 Å². The molecule has 162 valence electrons. The molecule has 1 fully saturated rings. The summed E-state index contributed by atoms with van der Waals surface area (Å²) in [5, 5.41) is 9.66. The number of hydrogen-bond acceptors (Lipinski definition) is 5. The van der Waals surface area contributed by atoms with Gasteiger partial charge in [-0.1, -0.05) is 36.8 Å². The molecule has 1 saturated heterocycles. The van der Waals surface area contributed by atoms with E-state index in [1.807, 2.05) is 35.2 Å². The van der Waals surface area contributed by atoms with Gasteiger partial charge in [-0.25, -0.2) is 13.1 Å². The first-order valence-electron chi connectivity index (χ1n) is 10.1. The summed E-state index contributed by atoms with van der Waals surface area (Å²) in [4.78, 5) is 13.7. The molecule has 2 atom stereocenters. The van der Waals surface area contributed by atoms with Crippen LogP contribution in [0.2, 0.25) is 0 Å². The Balaban J connectivity index is 1.64. The number of carbonyl (C=O) groups is 1. The van der Waals surface area contributed by atoms with E-state index in [4.69, 9.17) is 4.74 Å². The highest BCUT2D eigenvalue weighted by molar-refractivity contribution is 7.89. The van der Waals surface area contributed by atoms with E-state index in [9.17, 15) is 18.3 Å². The van der Waals surface area contributed by atoms with Gasteiger partial charge in [0.15, 0.2) is 0 Å². The summed E-state index contributed by atoms with van der Waals surface area (Å²) in [5.74, 6) is -0.459. The Labute approximate surface area is 177 Å². The van der Waals surface area contributed by atoms with Crippen molar-refractivity contribution in [2.24, 2.45) is 0 Å². The Hall–Kier alpha value is -2.42. The van der Waals surface area contributed by atoms with Gasteiger partial charge in [-0.2, -0.15) is 0 Å². The number of rotatable bonds is 9. The van der Waals surface area contributed by atoms with Crippen molar-refractivity contribution in [3.8, 4) is 5.75 Å². The van der Waals surface area contributed by atoms with E-state index in [-0.39, 0.29) is 4.90 Å². The van der Waals surface area contributed by atoms with E-state index in [0.29, 0.717) is 25.4 Å². The van der Waals surface area contributed by atoms with Crippen molar-refractivity contribution in [3.63, 3.8) is 0 Å². The second kappa shape index (κ2) is 10.1. The van der Waals surface area contributed by atoms with E-state index < -0.39 is 28.1 Å². The second-order valence-corrected chi connectivity index (χ2v) is 9.25. The summed E-state index contributed by atoms with van der Waals surface area (Å²) in [5.41, 5.74) is 1.02. The van der Waals surface area contributed by atoms with Gasteiger partial charge >= 0.3 is 5.97 Å². The first-order chi connectivity index (χ1) is 14.4. The maximum absolute atomic E-state index is 12.8. The van der Waals surface area contributed by atoms with Gasteiger partial charge in [0.05, 0.1) is 4.90 Å². The van der Waals surface area contributed by atoms with E-state index >= 15 is 0 Å². The van der Waals surface area contributed by atoms with Crippen LogP contribution in [0, 0.1) is 0 Å². The number of hydrogen-bond donors (Lipinski definition) is 2. The lowest BCUT2D eigenvalue weighted by molar-refractivity contribution is -0.144. The van der Waals surface area contributed by atoms with Crippen LogP contribution in [-0.2, 0) is 21.4 Å². The van der Waals surface area contributed by atoms with Crippen molar-refractivity contribution in [3.05, 3.63) is 60.2 Å². The van der Waals surface area contributed by atoms with Gasteiger partial charge in [0.1, 0.15) is 18.4 Å². The van der Waals surface area contributed by atoms with Crippen molar-refractivity contribution in [2.45, 2.75) is 49.8 Å². The lowest BCUT2D eigenvalue weighted by atomic mass is 10.0. The molecule has 0 bridgehead atoms. The molecule has 8 heteroatoms. The Kier molecular flexibility index (Phi) is 7.47. The molecule has 1 aliphatic heterocycles. The summed E-state index contributed by atoms with van der Waals surface area (Å²) >= 11 is 0. The Bertz CT molecular complexity index is 926. The molecule has 0 spiro atoms. The molecule has 1 aliphatic rings. The van der Waals surface area contributed by atoms with E-state index in [2.05, 4.69) is 4.72 Å². The molecule has 0 amide bonds. The highest BCUT2D eigenvalue weighted by Crippen LogP contribution is 2.20. The lowest BCUT2D eigenvalue weighted by Crippen LogP contribution is -2.55. The van der Waals surface area contributed by atoms with Gasteiger partial charge in [0, 0.05) is 6.04 Å². The van der Waals surface area contributed by atoms with Crippen LogP contribution >= 0.6 is 0 Å². The fourth-order valence-corrected chi connectivity index (χ4v) is 4.96. The minimum atomic E-state index is -3.86. The molecule has 0 radical (unpaired) electrons. The third-order valence-corrected chi connectivity index (χ3v) is 6.81. The quantitative estimate of drug-likeness (QED) is 0.633. The van der Waals surface area contributed by atoms with Crippen molar-refractivity contribution < 1.29 is 23.1 Å². The smallest absolute Gasteiger partial charge is 0.322 e. The number of carboxylic acid groups (broad SMARTS) is 1. The summed E-state index contributed by atoms with van der Waals surface area (Å²) in [7, 11) is -3.86. The molecular formula is C22H28N2O5S. The van der Waals surface area contributed by atoms with Crippen LogP contribution < -0.4 is 9.46 Å². The average Bonchev–Trinajstić information content (AvgIpc) is 2.73. The number of sulfonamides is 1. The zero-order valence-corrected chi connectivity index (χ0v) is 17.8. The highest BCUT2D eigenvalue weighted by atomic mass is 32.2. The Morgan fingerprint density at radius 1 is 1.07 bits per heavy atom. The highest BCUT2D eigenvalue weighted by Gasteiger charge is 2.34. The number of nitrogens with one attached hydrogen (secondary N) is 1. The zero-order valence-electron chi connectivity index (χ0n) is 17.0. The van der Waals surface area contributed by atoms with Crippen molar-refractivity contribution in [1.82, 2.24) is 9.62 Å². The molecule has 7 nitrogen and oxygen atoms in total. The first kappa shape index (κ1) is 22.3. The van der Waals surface area contributed by atoms with Crippen molar-refractivity contribution in [1.29, 1.82) is 0 Å². The number of aliphatic carboxylic acids is 1. The van der Waals surface area contributed by atoms with Gasteiger partial charge in [-0.15, -0.1) is 0 Å². The lowest BCUT2D eigenvalue weighted by Gasteiger charge is -2.35. The molecule has 2 aromatic carbocycles. The normalized spacial score (nSPS) is 17.2. The predicted molar refractivity (Wildman–Crippen MR) is 114 cm³/mol. The summed E-state index contributed by atoms with van der Waals surface area (Å²) < 4.78 is 33.8. The molecule has 0 saturated carbocycles. The van der Waals surface area contributed by atoms with Crippen LogP contribution in [0.1, 0.15) is 31.7 Å². The maximum atomic E-state index is 12.8. The molecule has 2 N–H and O–H groups in total. The second-order valence-electron chi connectivity index (χ2n) is 7.54. The van der Waals surface area contributed by atoms with Crippen molar-refractivity contribution >= 4 is 16.0 Å². The molecule has 2 unspecified atom stereocenters. The standard InChI is InChI=1S/C22H28N2O5S/c1-17(21(22(25)26)24-14-6-3-7-15-24)23-30(27,28)20-12-10-19(11-13-20)29-16-18-8-4-2-5-9-18/h2,4-5,8-13,17,21,23H,3,6-7,14-16H2,1H3,(H,25,26). The third kappa shape index (κ3) is 5.81. The zero-order chi connectivity index (χ0) is 21.6. The first-order valence-corrected chi connectivity index (χ1v) is 11.6. The van der Waals surface area contributed by atoms with E-state index in [1.54, 1.807) is 19.1 Å². The monoisotopic (exact) mass is 432 g/mol. The number of benzene rings is 2. The SMILES string of the molecule is CC(NS(=O)(=O)c1ccc(OCc2ccccc2)cc1)C(C(=O)O)N1CCCCC1. The maximum Gasteiger partial charge on any atom is 0.322 e. The van der Waals surface area contributed by atoms with Crippen LogP contribution in [0.4, 0.5) is 0 Å². The topological polar surface area (TPSA) is 95.9 Å². The van der Waals surface area contributed by atoms with Crippen LogP contribution in [0.5, 0.6) is 5.75 Å². The Morgan fingerprint density at radius 3 is 2.30 bits per heavy atom. The molecular weight excluding hydrogens is 404 g/mol. The van der Waals surface area contributed by atoms with Crippen LogP contribution in [0.15, 0.2) is 59.5 Å². The van der Waals surface area contributed by atoms with Gasteiger partial charge in [0.25, 0.3) is 0 Å². The third-order valence-electron chi connectivity index (χ3n) is 5.23. The van der Waals surface area contributed by atoms with E-state index in [0.717, 1.165) is 24.8 Å². The summed E-state index contributed by atoms with van der Waals surface area (Å²) in [6, 6.07) is 14.1. The average molecular weight is 433 g/mol. The number of carboxylic acids is 1. The largest absolute Gasteiger partial charge is 0.489 e. The molecule has 0 aliphatic carbocycles. The van der Waals surface area contributed by atoms with Crippen molar-refractivity contribution in [2.75, 3.05) is 13.1 Å². The van der Waals surface area contributed by atoms with E-state index in [1.165, 1.54) is 12.1 Å². The van der Waals surface area contributed by atoms with Gasteiger partial charge in [-0.3, -0.25) is 9.69 Å². The summed E-state index contributed by atoms with van der Waals surface area (Å²) in [6.07, 6.45) is 2.92.